The van der Waals surface area contributed by atoms with Gasteiger partial charge in [0.05, 0.1) is 11.1 Å². The standard InChI is InChI=1S/C53H34N2O2/c1-2-13-33(14-3-1)46-32-47(36-25-27-41-40-19-6-10-23-48(40)56-51(41)31-36)55-52(54-46)37-16-12-15-34(29-37)35-26-28-50-45(30-35)53(44-22-9-11-24-49(44)57-50)42-20-7-4-17-38(42)39-18-5-8-21-43(39)53/h1-32,52,55H. The number of allylic oxidation sites excluding steroid dienone is 1. The Balaban J connectivity index is 0.978. The van der Waals surface area contributed by atoms with Crippen LogP contribution in [0.4, 0.5) is 0 Å². The largest absolute Gasteiger partial charge is 0.457 e. The second-order valence-corrected chi connectivity index (χ2v) is 15.1. The van der Waals surface area contributed by atoms with Crippen LogP contribution in [0, 0.1) is 0 Å². The van der Waals surface area contributed by atoms with E-state index in [0.717, 1.165) is 83.8 Å². The number of ether oxygens (including phenoxy) is 1. The van der Waals surface area contributed by atoms with Gasteiger partial charge in [-0.3, -0.25) is 4.99 Å². The number of benzene rings is 8. The predicted molar refractivity (Wildman–Crippen MR) is 230 cm³/mol. The SMILES string of the molecule is C1=C(c2ccc3c(c2)oc2ccccc23)NC(c2cccc(-c3ccc4c(c3)C3(c5ccccc5O4)c4ccccc4-c4ccccc43)c2)N=C1c1ccccc1. The van der Waals surface area contributed by atoms with Gasteiger partial charge in [-0.05, 0) is 93.0 Å². The average molecular weight is 731 g/mol. The van der Waals surface area contributed by atoms with Crippen molar-refractivity contribution in [3.05, 3.63) is 233 Å². The van der Waals surface area contributed by atoms with Crippen LogP contribution in [-0.2, 0) is 5.41 Å². The zero-order chi connectivity index (χ0) is 37.5. The van der Waals surface area contributed by atoms with Crippen molar-refractivity contribution in [3.8, 4) is 33.8 Å². The smallest absolute Gasteiger partial charge is 0.145 e. The van der Waals surface area contributed by atoms with Crippen LogP contribution in [-0.4, -0.2) is 5.71 Å². The summed E-state index contributed by atoms with van der Waals surface area (Å²) in [5.41, 5.74) is 16.0. The lowest BCUT2D eigenvalue weighted by atomic mass is 9.66. The normalized spacial score (nSPS) is 15.8. The van der Waals surface area contributed by atoms with Gasteiger partial charge in [0.15, 0.2) is 0 Å². The van der Waals surface area contributed by atoms with Gasteiger partial charge in [0.1, 0.15) is 28.8 Å². The van der Waals surface area contributed by atoms with Crippen molar-refractivity contribution in [2.45, 2.75) is 11.6 Å². The van der Waals surface area contributed by atoms with Crippen molar-refractivity contribution in [3.63, 3.8) is 0 Å². The minimum Gasteiger partial charge on any atom is -0.457 e. The molecular weight excluding hydrogens is 697 g/mol. The van der Waals surface area contributed by atoms with Crippen LogP contribution in [0.25, 0.3) is 49.9 Å². The van der Waals surface area contributed by atoms with E-state index in [1.807, 2.05) is 18.2 Å². The Morgan fingerprint density at radius 2 is 1.11 bits per heavy atom. The van der Waals surface area contributed by atoms with E-state index in [2.05, 4.69) is 181 Å². The molecule has 268 valence electrons. The van der Waals surface area contributed by atoms with Crippen LogP contribution in [0.15, 0.2) is 204 Å². The quantitative estimate of drug-likeness (QED) is 0.196. The molecular formula is C53H34N2O2. The Hall–Kier alpha value is -7.43. The molecule has 4 heteroatoms. The van der Waals surface area contributed by atoms with Crippen molar-refractivity contribution in [2.75, 3.05) is 0 Å². The first-order valence-corrected chi connectivity index (χ1v) is 19.5. The van der Waals surface area contributed by atoms with E-state index in [-0.39, 0.29) is 6.17 Å². The van der Waals surface area contributed by atoms with Gasteiger partial charge in [-0.2, -0.15) is 0 Å². The fourth-order valence-electron chi connectivity index (χ4n) is 9.44. The lowest BCUT2D eigenvalue weighted by molar-refractivity contribution is 0.436. The Morgan fingerprint density at radius 3 is 1.95 bits per heavy atom. The molecule has 0 radical (unpaired) electrons. The Bertz CT molecular complexity index is 3110. The molecule has 1 spiro atoms. The maximum absolute atomic E-state index is 6.71. The highest BCUT2D eigenvalue weighted by Crippen LogP contribution is 2.62. The monoisotopic (exact) mass is 730 g/mol. The fraction of sp³-hybridized carbons (Fsp3) is 0.0377. The Morgan fingerprint density at radius 1 is 0.456 bits per heavy atom. The van der Waals surface area contributed by atoms with Crippen LogP contribution in [0.3, 0.4) is 0 Å². The lowest BCUT2D eigenvalue weighted by Crippen LogP contribution is -2.32. The molecule has 1 aromatic heterocycles. The molecule has 1 N–H and O–H groups in total. The molecule has 0 saturated heterocycles. The second kappa shape index (κ2) is 12.3. The third-order valence-electron chi connectivity index (χ3n) is 12.0. The highest BCUT2D eigenvalue weighted by Gasteiger charge is 2.51. The molecule has 0 bridgehead atoms. The molecule has 2 aliphatic heterocycles. The number of furan rings is 1. The molecule has 3 aliphatic rings. The van der Waals surface area contributed by atoms with E-state index < -0.39 is 5.41 Å². The van der Waals surface area contributed by atoms with Gasteiger partial charge in [0.2, 0.25) is 0 Å². The summed E-state index contributed by atoms with van der Waals surface area (Å²) in [6.07, 6.45) is 1.83. The van der Waals surface area contributed by atoms with Crippen molar-refractivity contribution >= 4 is 33.3 Å². The van der Waals surface area contributed by atoms with Gasteiger partial charge >= 0.3 is 0 Å². The first-order chi connectivity index (χ1) is 28.2. The van der Waals surface area contributed by atoms with E-state index in [9.17, 15) is 0 Å². The first-order valence-electron chi connectivity index (χ1n) is 19.5. The number of hydrogen-bond donors (Lipinski definition) is 1. The number of para-hydroxylation sites is 2. The van der Waals surface area contributed by atoms with Gasteiger partial charge in [0, 0.05) is 33.2 Å². The zero-order valence-electron chi connectivity index (χ0n) is 30.8. The molecule has 9 aromatic rings. The summed E-state index contributed by atoms with van der Waals surface area (Å²) in [6.45, 7) is 0. The highest BCUT2D eigenvalue weighted by atomic mass is 16.5. The molecule has 1 aliphatic carbocycles. The average Bonchev–Trinajstić information content (AvgIpc) is 3.80. The maximum Gasteiger partial charge on any atom is 0.145 e. The van der Waals surface area contributed by atoms with Crippen LogP contribution in [0.5, 0.6) is 11.5 Å². The number of nitrogens with zero attached hydrogens (tertiary/aromatic N) is 1. The minimum absolute atomic E-state index is 0.320. The molecule has 1 unspecified atom stereocenters. The highest BCUT2D eigenvalue weighted by molar-refractivity contribution is 6.13. The maximum atomic E-state index is 6.71. The van der Waals surface area contributed by atoms with Gasteiger partial charge in [0.25, 0.3) is 0 Å². The van der Waals surface area contributed by atoms with E-state index in [1.54, 1.807) is 0 Å². The summed E-state index contributed by atoms with van der Waals surface area (Å²) >= 11 is 0. The minimum atomic E-state index is -0.522. The van der Waals surface area contributed by atoms with E-state index in [4.69, 9.17) is 14.1 Å². The lowest BCUT2D eigenvalue weighted by Gasteiger charge is -2.39. The number of nitrogens with one attached hydrogen (secondary N) is 1. The number of fused-ring (bicyclic) bond motifs is 12. The summed E-state index contributed by atoms with van der Waals surface area (Å²) in [7, 11) is 0. The summed E-state index contributed by atoms with van der Waals surface area (Å²) < 4.78 is 13.0. The van der Waals surface area contributed by atoms with Crippen molar-refractivity contribution in [1.82, 2.24) is 5.32 Å². The van der Waals surface area contributed by atoms with Gasteiger partial charge in [-0.15, -0.1) is 0 Å². The first kappa shape index (κ1) is 31.9. The molecule has 8 aromatic carbocycles. The van der Waals surface area contributed by atoms with Crippen molar-refractivity contribution in [1.29, 1.82) is 0 Å². The summed E-state index contributed by atoms with van der Waals surface area (Å²) in [5, 5.41) is 6.03. The summed E-state index contributed by atoms with van der Waals surface area (Å²) in [6, 6.07) is 66.8. The van der Waals surface area contributed by atoms with Gasteiger partial charge in [-0.1, -0.05) is 146 Å². The fourth-order valence-corrected chi connectivity index (χ4v) is 9.44. The molecule has 3 heterocycles. The van der Waals surface area contributed by atoms with E-state index in [1.165, 1.54) is 22.3 Å². The van der Waals surface area contributed by atoms with E-state index >= 15 is 0 Å². The van der Waals surface area contributed by atoms with Crippen molar-refractivity contribution < 1.29 is 9.15 Å². The topological polar surface area (TPSA) is 46.8 Å². The number of rotatable bonds is 4. The van der Waals surface area contributed by atoms with E-state index in [0.29, 0.717) is 0 Å². The molecule has 0 saturated carbocycles. The molecule has 57 heavy (non-hydrogen) atoms. The molecule has 12 rings (SSSR count). The number of aliphatic imine (C=N–C) groups is 1. The second-order valence-electron chi connectivity index (χ2n) is 15.1. The number of hydrogen-bond acceptors (Lipinski definition) is 4. The van der Waals surface area contributed by atoms with Gasteiger partial charge < -0.3 is 14.5 Å². The van der Waals surface area contributed by atoms with Crippen LogP contribution in [0.2, 0.25) is 0 Å². The molecule has 4 nitrogen and oxygen atoms in total. The third-order valence-corrected chi connectivity index (χ3v) is 12.0. The predicted octanol–water partition coefficient (Wildman–Crippen LogP) is 12.9. The summed E-state index contributed by atoms with van der Waals surface area (Å²) in [5.74, 6) is 1.77. The molecule has 0 amide bonds. The Labute approximate surface area is 330 Å². The van der Waals surface area contributed by atoms with Crippen LogP contribution >= 0.6 is 0 Å². The molecule has 0 fully saturated rings. The van der Waals surface area contributed by atoms with Crippen LogP contribution < -0.4 is 10.1 Å². The molecule has 1 atom stereocenters. The van der Waals surface area contributed by atoms with Crippen molar-refractivity contribution in [2.24, 2.45) is 4.99 Å². The summed E-state index contributed by atoms with van der Waals surface area (Å²) in [4.78, 5) is 5.32. The Kier molecular flexibility index (Phi) is 6.87. The third kappa shape index (κ3) is 4.77. The van der Waals surface area contributed by atoms with Gasteiger partial charge in [-0.25, -0.2) is 0 Å². The van der Waals surface area contributed by atoms with Crippen LogP contribution in [0.1, 0.15) is 45.1 Å². The zero-order valence-corrected chi connectivity index (χ0v) is 30.8.